The third-order valence-corrected chi connectivity index (χ3v) is 5.85. The Balaban J connectivity index is 0.00000147. The molecule has 1 amide bonds. The van der Waals surface area contributed by atoms with Gasteiger partial charge in [-0.2, -0.15) is 18.3 Å². The van der Waals surface area contributed by atoms with Crippen LogP contribution in [-0.4, -0.2) is 67.9 Å². The normalized spacial score (nSPS) is 11.2. The smallest absolute Gasteiger partial charge is 0.435 e. The number of carbonyl (C=O) groups excluding carboxylic acids is 1. The summed E-state index contributed by atoms with van der Waals surface area (Å²) < 4.78 is 49.1. The van der Waals surface area contributed by atoms with E-state index in [4.69, 9.17) is 20.4 Å². The van der Waals surface area contributed by atoms with Gasteiger partial charge in [-0.15, -0.1) is 0 Å². The number of imidazole rings is 1. The van der Waals surface area contributed by atoms with Gasteiger partial charge in [0.2, 0.25) is 0 Å². The zero-order valence-electron chi connectivity index (χ0n) is 22.5. The highest BCUT2D eigenvalue weighted by Crippen LogP contribution is 2.37. The molecule has 3 heterocycles. The minimum atomic E-state index is -4.61. The number of rotatable bonds is 11. The molecule has 0 spiro atoms. The van der Waals surface area contributed by atoms with E-state index in [1.54, 1.807) is 25.3 Å². The molecule has 0 radical (unpaired) electrons. The Morgan fingerprint density at radius 3 is 2.63 bits per heavy atom. The predicted molar refractivity (Wildman–Crippen MR) is 145 cm³/mol. The predicted octanol–water partition coefficient (Wildman–Crippen LogP) is 3.34. The molecule has 0 fully saturated rings. The highest BCUT2D eigenvalue weighted by molar-refractivity contribution is 5.96. The molecule has 15 heteroatoms. The van der Waals surface area contributed by atoms with E-state index in [9.17, 15) is 18.0 Å². The summed E-state index contributed by atoms with van der Waals surface area (Å²) in [4.78, 5) is 29.7. The molecule has 0 aliphatic carbocycles. The molecule has 12 nitrogen and oxygen atoms in total. The van der Waals surface area contributed by atoms with Crippen LogP contribution in [0.3, 0.4) is 0 Å². The van der Waals surface area contributed by atoms with Gasteiger partial charge in [-0.3, -0.25) is 18.7 Å². The van der Waals surface area contributed by atoms with Crippen LogP contribution in [0.5, 0.6) is 0 Å². The zero-order chi connectivity index (χ0) is 30.0. The first-order chi connectivity index (χ1) is 19.7. The van der Waals surface area contributed by atoms with Crippen LogP contribution in [0.25, 0.3) is 16.9 Å². The van der Waals surface area contributed by atoms with E-state index in [0.29, 0.717) is 62.0 Å². The molecule has 4 aromatic rings. The molecule has 0 bridgehead atoms. The Kier molecular flexibility index (Phi) is 10.8. The van der Waals surface area contributed by atoms with Gasteiger partial charge >= 0.3 is 6.18 Å². The van der Waals surface area contributed by atoms with Gasteiger partial charge in [0, 0.05) is 49.5 Å². The summed E-state index contributed by atoms with van der Waals surface area (Å²) in [5, 5.41) is 16.6. The monoisotopic (exact) mass is 576 g/mol. The lowest BCUT2D eigenvalue weighted by Crippen LogP contribution is -2.28. The van der Waals surface area contributed by atoms with Crippen LogP contribution in [0.4, 0.5) is 24.7 Å². The maximum atomic E-state index is 13.7. The number of anilines is 2. The Labute approximate surface area is 233 Å². The average molecular weight is 577 g/mol. The molecule has 3 aromatic heterocycles. The lowest BCUT2D eigenvalue weighted by molar-refractivity contribution is -0.141. The molecular weight excluding hydrogens is 545 g/mol. The molecular formula is C26H31F3N8O4. The number of benzene rings is 1. The van der Waals surface area contributed by atoms with E-state index in [1.807, 2.05) is 13.0 Å². The molecule has 0 saturated carbocycles. The maximum Gasteiger partial charge on any atom is 0.435 e. The first kappa shape index (κ1) is 31.0. The number of nitrogens with zero attached hydrogens (tertiary/aromatic N) is 5. The second-order valence-corrected chi connectivity index (χ2v) is 8.47. The van der Waals surface area contributed by atoms with Crippen molar-refractivity contribution in [1.29, 1.82) is 0 Å². The molecule has 0 atom stereocenters. The number of aryl methyl sites for hydroxylation is 2. The summed E-state index contributed by atoms with van der Waals surface area (Å²) in [7, 11) is 0. The molecule has 4 rings (SSSR count). The molecule has 0 aliphatic heterocycles. The average Bonchev–Trinajstić information content (AvgIpc) is 3.58. The van der Waals surface area contributed by atoms with E-state index in [1.165, 1.54) is 27.7 Å². The molecule has 0 aliphatic rings. The van der Waals surface area contributed by atoms with Crippen molar-refractivity contribution in [1.82, 2.24) is 29.5 Å². The van der Waals surface area contributed by atoms with Crippen molar-refractivity contribution < 1.29 is 32.6 Å². The maximum absolute atomic E-state index is 13.7. The zero-order valence-corrected chi connectivity index (χ0v) is 22.5. The number of ether oxygens (including phenoxy) is 1. The van der Waals surface area contributed by atoms with Crippen LogP contribution in [0, 0.1) is 0 Å². The molecule has 0 saturated heterocycles. The summed E-state index contributed by atoms with van der Waals surface area (Å²) in [5.41, 5.74) is 6.94. The fraction of sp³-hybridized carbons (Fsp3) is 0.346. The third-order valence-electron chi connectivity index (χ3n) is 5.85. The van der Waals surface area contributed by atoms with Crippen molar-refractivity contribution in [3.05, 3.63) is 59.8 Å². The van der Waals surface area contributed by atoms with Crippen molar-refractivity contribution in [3.8, 4) is 11.3 Å². The van der Waals surface area contributed by atoms with E-state index in [2.05, 4.69) is 25.7 Å². The highest BCUT2D eigenvalue weighted by Gasteiger charge is 2.38. The number of halogens is 3. The van der Waals surface area contributed by atoms with Gasteiger partial charge in [0.25, 0.3) is 12.4 Å². The quantitative estimate of drug-likeness (QED) is 0.155. The minimum Gasteiger partial charge on any atom is -0.483 e. The molecule has 220 valence electrons. The van der Waals surface area contributed by atoms with Crippen molar-refractivity contribution >= 4 is 29.5 Å². The second kappa shape index (κ2) is 14.2. The Bertz CT molecular complexity index is 1470. The fourth-order valence-electron chi connectivity index (χ4n) is 4.03. The first-order valence-electron chi connectivity index (χ1n) is 12.7. The van der Waals surface area contributed by atoms with Crippen LogP contribution in [0.15, 0.2) is 43.0 Å². The van der Waals surface area contributed by atoms with Crippen LogP contribution in [0.1, 0.15) is 35.5 Å². The van der Waals surface area contributed by atoms with Gasteiger partial charge in [0.05, 0.1) is 30.7 Å². The summed E-state index contributed by atoms with van der Waals surface area (Å²) in [6.45, 7) is 5.29. The number of hydrogen-bond donors (Lipinski definition) is 4. The van der Waals surface area contributed by atoms with E-state index < -0.39 is 11.9 Å². The number of amides is 1. The van der Waals surface area contributed by atoms with Crippen LogP contribution in [0.2, 0.25) is 0 Å². The van der Waals surface area contributed by atoms with E-state index >= 15 is 0 Å². The number of aromatic nitrogens is 5. The Morgan fingerprint density at radius 2 is 1.98 bits per heavy atom. The van der Waals surface area contributed by atoms with Gasteiger partial charge in [0.1, 0.15) is 0 Å². The number of carboxylic acid groups (broad SMARTS) is 1. The van der Waals surface area contributed by atoms with Gasteiger partial charge in [-0.25, -0.2) is 9.97 Å². The number of alkyl halides is 3. The Hall–Kier alpha value is -4.50. The number of carbonyl (C=O) groups is 2. The van der Waals surface area contributed by atoms with E-state index in [0.717, 1.165) is 5.56 Å². The Morgan fingerprint density at radius 1 is 1.22 bits per heavy atom. The molecule has 0 unspecified atom stereocenters. The number of hydrogen-bond acceptors (Lipinski definition) is 8. The summed E-state index contributed by atoms with van der Waals surface area (Å²) in [6, 6.07) is 5.28. The van der Waals surface area contributed by atoms with Crippen LogP contribution >= 0.6 is 0 Å². The van der Waals surface area contributed by atoms with Gasteiger partial charge in [-0.1, -0.05) is 6.92 Å². The number of nitrogens with one attached hydrogen (secondary N) is 2. The van der Waals surface area contributed by atoms with Gasteiger partial charge < -0.3 is 26.2 Å². The molecule has 1 aromatic carbocycles. The molecule has 41 heavy (non-hydrogen) atoms. The summed E-state index contributed by atoms with van der Waals surface area (Å²) in [5.74, 6) is 0.141. The fourth-order valence-corrected chi connectivity index (χ4v) is 4.03. The SMILES string of the molecule is CCc1cc(Nc2nccn3c(-c4cn(CC)nc4C(F)(F)F)cnc23)ccc1C(=O)NCCOCCN.O=CO. The van der Waals surface area contributed by atoms with Crippen LogP contribution < -0.4 is 16.4 Å². The van der Waals surface area contributed by atoms with Crippen molar-refractivity contribution in [3.63, 3.8) is 0 Å². The lowest BCUT2D eigenvalue weighted by Gasteiger charge is -2.13. The first-order valence-corrected chi connectivity index (χ1v) is 12.7. The highest BCUT2D eigenvalue weighted by atomic mass is 19.4. The van der Waals surface area contributed by atoms with Crippen LogP contribution in [-0.2, 0) is 28.7 Å². The lowest BCUT2D eigenvalue weighted by atomic mass is 10.0. The van der Waals surface area contributed by atoms with E-state index in [-0.39, 0.29) is 23.6 Å². The van der Waals surface area contributed by atoms with Crippen molar-refractivity contribution in [2.75, 3.05) is 31.6 Å². The van der Waals surface area contributed by atoms with Gasteiger partial charge in [0.15, 0.2) is 17.2 Å². The number of fused-ring (bicyclic) bond motifs is 1. The summed E-state index contributed by atoms with van der Waals surface area (Å²) >= 11 is 0. The van der Waals surface area contributed by atoms with Crippen molar-refractivity contribution in [2.24, 2.45) is 5.73 Å². The summed E-state index contributed by atoms with van der Waals surface area (Å²) in [6.07, 6.45) is 1.75. The largest absolute Gasteiger partial charge is 0.483 e. The standard InChI is InChI=1S/C25H29F3N8O2.CH2O2/c1-3-16-13-17(5-6-18(16)24(37)31-9-12-38-11-7-29)33-22-23-32-14-20(36(23)10-8-30-22)19-15-35(4-2)34-21(19)25(26,27)28;2-1-3/h5-6,8,10,13-15H,3-4,7,9,11-12,29H2,1-2H3,(H,30,33)(H,31,37);1H,(H,2,3). The minimum absolute atomic E-state index is 0.0685. The van der Waals surface area contributed by atoms with Crippen molar-refractivity contribution in [2.45, 2.75) is 33.0 Å². The topological polar surface area (TPSA) is 162 Å². The third kappa shape index (κ3) is 7.58. The second-order valence-electron chi connectivity index (χ2n) is 8.47. The number of nitrogens with two attached hydrogens (primary N) is 1. The molecule has 5 N–H and O–H groups in total. The van der Waals surface area contributed by atoms with Gasteiger partial charge in [-0.05, 0) is 37.1 Å².